The van der Waals surface area contributed by atoms with Crippen molar-refractivity contribution in [2.24, 2.45) is 0 Å². The summed E-state index contributed by atoms with van der Waals surface area (Å²) in [7, 11) is 0. The van der Waals surface area contributed by atoms with Gasteiger partial charge in [0.15, 0.2) is 6.29 Å². The number of hydrogen-bond donors (Lipinski definition) is 0. The number of carbonyl (C=O) groups is 1. The number of hydrogen-bond acceptors (Lipinski definition) is 1. The molecule has 0 aliphatic rings. The van der Waals surface area contributed by atoms with Crippen LogP contribution in [-0.4, -0.2) is 6.29 Å². The van der Waals surface area contributed by atoms with Crippen LogP contribution in [0.25, 0.3) is 53.9 Å². The minimum atomic E-state index is 0.804. The minimum absolute atomic E-state index is 0.804. The van der Waals surface area contributed by atoms with E-state index in [0.717, 1.165) is 22.6 Å². The molecule has 0 saturated carbocycles. The Morgan fingerprint density at radius 1 is 0.542 bits per heavy atom. The standard InChI is InChI=1S/C23H12O/c24-12-19-17-6-2-4-14-7-8-16-11-15-5-1-3-13-9-10-18(19)23(20(13)15)22(16)21(14)17/h1-12H. The maximum Gasteiger partial charge on any atom is 0.151 e. The lowest BCUT2D eigenvalue weighted by molar-refractivity contribution is 0.112. The van der Waals surface area contributed by atoms with Crippen LogP contribution in [0.1, 0.15) is 10.4 Å². The average molecular weight is 304 g/mol. The van der Waals surface area contributed by atoms with E-state index in [-0.39, 0.29) is 0 Å². The van der Waals surface area contributed by atoms with E-state index in [9.17, 15) is 4.79 Å². The van der Waals surface area contributed by atoms with Crippen molar-refractivity contribution in [3.63, 3.8) is 0 Å². The summed E-state index contributed by atoms with van der Waals surface area (Å²) in [5, 5.41) is 12.0. The minimum Gasteiger partial charge on any atom is -0.298 e. The van der Waals surface area contributed by atoms with Crippen LogP contribution in [0, 0.1) is 0 Å². The molecule has 1 nitrogen and oxygen atoms in total. The van der Waals surface area contributed by atoms with Crippen molar-refractivity contribution in [2.45, 2.75) is 0 Å². The van der Waals surface area contributed by atoms with E-state index in [1.165, 1.54) is 43.1 Å². The molecular formula is C23H12O. The summed E-state index contributed by atoms with van der Waals surface area (Å²) >= 11 is 0. The molecular weight excluding hydrogens is 292 g/mol. The van der Waals surface area contributed by atoms with E-state index in [0.29, 0.717) is 0 Å². The van der Waals surface area contributed by atoms with Gasteiger partial charge in [0.25, 0.3) is 0 Å². The average Bonchev–Trinajstić information content (AvgIpc) is 2.64. The highest BCUT2D eigenvalue weighted by molar-refractivity contribution is 6.39. The summed E-state index contributed by atoms with van der Waals surface area (Å²) < 4.78 is 0. The molecule has 0 saturated heterocycles. The summed E-state index contributed by atoms with van der Waals surface area (Å²) in [6, 6.07) is 23.5. The highest BCUT2D eigenvalue weighted by Crippen LogP contribution is 2.44. The predicted octanol–water partition coefficient (Wildman–Crippen LogP) is 6.14. The third-order valence-corrected chi connectivity index (χ3v) is 5.41. The molecule has 1 heteroatoms. The lowest BCUT2D eigenvalue weighted by atomic mass is 9.84. The van der Waals surface area contributed by atoms with Gasteiger partial charge in [-0.1, -0.05) is 60.7 Å². The van der Waals surface area contributed by atoms with Crippen molar-refractivity contribution in [3.8, 4) is 0 Å². The molecule has 6 aromatic carbocycles. The Hall–Kier alpha value is -3.19. The van der Waals surface area contributed by atoms with E-state index in [4.69, 9.17) is 0 Å². The molecule has 0 fully saturated rings. The predicted molar refractivity (Wildman–Crippen MR) is 102 cm³/mol. The zero-order chi connectivity index (χ0) is 15.8. The zero-order valence-corrected chi connectivity index (χ0v) is 12.8. The summed E-state index contributed by atoms with van der Waals surface area (Å²) in [4.78, 5) is 12.0. The Balaban J connectivity index is 2.16. The molecule has 0 heterocycles. The number of carbonyl (C=O) groups excluding carboxylic acids is 1. The molecule has 0 N–H and O–H groups in total. The van der Waals surface area contributed by atoms with E-state index >= 15 is 0 Å². The molecule has 0 aliphatic heterocycles. The molecule has 0 spiro atoms. The Kier molecular flexibility index (Phi) is 2.05. The Bertz CT molecular complexity index is 1410. The molecule has 0 bridgehead atoms. The van der Waals surface area contributed by atoms with Crippen LogP contribution in [0.3, 0.4) is 0 Å². The second-order valence-corrected chi connectivity index (χ2v) is 6.54. The van der Waals surface area contributed by atoms with Gasteiger partial charge in [0.1, 0.15) is 0 Å². The van der Waals surface area contributed by atoms with Crippen molar-refractivity contribution in [3.05, 3.63) is 72.3 Å². The SMILES string of the molecule is O=Cc1c2cccc3ccc4cc5cccc6ccc1c(c65)c4c32. The van der Waals surface area contributed by atoms with Gasteiger partial charge >= 0.3 is 0 Å². The normalized spacial score (nSPS) is 12.3. The molecule has 6 aromatic rings. The third-order valence-electron chi connectivity index (χ3n) is 5.41. The molecule has 6 rings (SSSR count). The molecule has 0 aliphatic carbocycles. The fourth-order valence-electron chi connectivity index (χ4n) is 4.46. The third kappa shape index (κ3) is 1.26. The van der Waals surface area contributed by atoms with Crippen LogP contribution in [0.2, 0.25) is 0 Å². The highest BCUT2D eigenvalue weighted by atomic mass is 16.1. The fraction of sp³-hybridized carbons (Fsp3) is 0. The van der Waals surface area contributed by atoms with Gasteiger partial charge in [-0.15, -0.1) is 0 Å². The van der Waals surface area contributed by atoms with Crippen LogP contribution < -0.4 is 0 Å². The van der Waals surface area contributed by atoms with Gasteiger partial charge in [-0.3, -0.25) is 4.79 Å². The maximum absolute atomic E-state index is 12.0. The smallest absolute Gasteiger partial charge is 0.151 e. The summed E-state index contributed by atoms with van der Waals surface area (Å²) in [5.41, 5.74) is 0.804. The van der Waals surface area contributed by atoms with Crippen LogP contribution in [-0.2, 0) is 0 Å². The Morgan fingerprint density at radius 2 is 1.17 bits per heavy atom. The van der Waals surface area contributed by atoms with Crippen LogP contribution in [0.4, 0.5) is 0 Å². The van der Waals surface area contributed by atoms with Crippen molar-refractivity contribution in [2.75, 3.05) is 0 Å². The van der Waals surface area contributed by atoms with Gasteiger partial charge in [-0.2, -0.15) is 0 Å². The van der Waals surface area contributed by atoms with E-state index in [2.05, 4.69) is 60.7 Å². The van der Waals surface area contributed by atoms with Gasteiger partial charge in [0.2, 0.25) is 0 Å². The van der Waals surface area contributed by atoms with Crippen molar-refractivity contribution < 1.29 is 4.79 Å². The van der Waals surface area contributed by atoms with Gasteiger partial charge in [0, 0.05) is 5.56 Å². The van der Waals surface area contributed by atoms with Crippen molar-refractivity contribution in [1.82, 2.24) is 0 Å². The monoisotopic (exact) mass is 304 g/mol. The first kappa shape index (κ1) is 12.3. The number of aldehydes is 1. The molecule has 0 amide bonds. The number of rotatable bonds is 1. The second-order valence-electron chi connectivity index (χ2n) is 6.54. The van der Waals surface area contributed by atoms with Gasteiger partial charge in [0.05, 0.1) is 0 Å². The van der Waals surface area contributed by atoms with Crippen LogP contribution >= 0.6 is 0 Å². The Labute approximate surface area is 137 Å². The summed E-state index contributed by atoms with van der Waals surface area (Å²) in [6.45, 7) is 0. The van der Waals surface area contributed by atoms with Crippen molar-refractivity contribution in [1.29, 1.82) is 0 Å². The van der Waals surface area contributed by atoms with Crippen LogP contribution in [0.15, 0.2) is 66.7 Å². The zero-order valence-electron chi connectivity index (χ0n) is 12.8. The first-order chi connectivity index (χ1) is 11.9. The second kappa shape index (κ2) is 4.01. The van der Waals surface area contributed by atoms with Crippen molar-refractivity contribution >= 4 is 60.1 Å². The molecule has 24 heavy (non-hydrogen) atoms. The van der Waals surface area contributed by atoms with Gasteiger partial charge < -0.3 is 0 Å². The highest BCUT2D eigenvalue weighted by Gasteiger charge is 2.18. The quantitative estimate of drug-likeness (QED) is 0.202. The first-order valence-electron chi connectivity index (χ1n) is 8.16. The topological polar surface area (TPSA) is 17.1 Å². The lowest BCUT2D eigenvalue weighted by Crippen LogP contribution is -1.94. The summed E-state index contributed by atoms with van der Waals surface area (Å²) in [5.74, 6) is 0. The van der Waals surface area contributed by atoms with E-state index in [1.54, 1.807) is 0 Å². The molecule has 110 valence electrons. The molecule has 0 radical (unpaired) electrons. The van der Waals surface area contributed by atoms with Crippen LogP contribution in [0.5, 0.6) is 0 Å². The fourth-order valence-corrected chi connectivity index (χ4v) is 4.46. The molecule has 0 unspecified atom stereocenters. The summed E-state index contributed by atoms with van der Waals surface area (Å²) in [6.07, 6.45) is 1.02. The largest absolute Gasteiger partial charge is 0.298 e. The van der Waals surface area contributed by atoms with E-state index in [1.807, 2.05) is 6.07 Å². The molecule has 0 aromatic heterocycles. The van der Waals surface area contributed by atoms with Gasteiger partial charge in [-0.25, -0.2) is 0 Å². The molecule has 0 atom stereocenters. The maximum atomic E-state index is 12.0. The lowest BCUT2D eigenvalue weighted by Gasteiger charge is -2.18. The first-order valence-corrected chi connectivity index (χ1v) is 8.16. The van der Waals surface area contributed by atoms with E-state index < -0.39 is 0 Å². The number of benzene rings is 6. The van der Waals surface area contributed by atoms with Gasteiger partial charge in [-0.05, 0) is 59.9 Å². The Morgan fingerprint density at radius 3 is 2.04 bits per heavy atom.